The smallest absolute Gasteiger partial charge is 0.253 e. The van der Waals surface area contributed by atoms with Crippen molar-refractivity contribution in [1.29, 1.82) is 0 Å². The van der Waals surface area contributed by atoms with Crippen molar-refractivity contribution < 1.29 is 9.18 Å². The van der Waals surface area contributed by atoms with E-state index in [1.807, 2.05) is 43.5 Å². The number of aliphatic imine (C=N–C) groups is 1. The number of guanidine groups is 1. The van der Waals surface area contributed by atoms with Gasteiger partial charge in [-0.1, -0.05) is 12.1 Å². The number of halogens is 1. The Kier molecular flexibility index (Phi) is 7.96. The highest BCUT2D eigenvalue weighted by atomic mass is 19.1. The first-order valence-corrected chi connectivity index (χ1v) is 10.6. The third-order valence-electron chi connectivity index (χ3n) is 4.78. The molecule has 3 aromatic rings. The van der Waals surface area contributed by atoms with Gasteiger partial charge in [0.2, 0.25) is 0 Å². The Labute approximate surface area is 188 Å². The van der Waals surface area contributed by atoms with E-state index >= 15 is 0 Å². The molecule has 168 valence electrons. The number of amides is 1. The minimum atomic E-state index is -0.265. The maximum absolute atomic E-state index is 13.1. The Balaban J connectivity index is 1.53. The number of aromatic nitrogens is 2. The van der Waals surface area contributed by atoms with Gasteiger partial charge in [0, 0.05) is 45.4 Å². The summed E-state index contributed by atoms with van der Waals surface area (Å²) < 4.78 is 14.8. The topological polar surface area (TPSA) is 74.6 Å². The molecule has 0 spiro atoms. The van der Waals surface area contributed by atoms with Crippen LogP contribution in [-0.4, -0.2) is 53.7 Å². The van der Waals surface area contributed by atoms with Gasteiger partial charge in [0.1, 0.15) is 5.82 Å². The van der Waals surface area contributed by atoms with Gasteiger partial charge in [-0.3, -0.25) is 4.79 Å². The van der Waals surface area contributed by atoms with Crippen LogP contribution in [0.3, 0.4) is 0 Å². The van der Waals surface area contributed by atoms with Crippen molar-refractivity contribution in [3.8, 4) is 5.69 Å². The number of nitrogens with one attached hydrogen (secondary N) is 2. The molecular weight excluding hydrogens is 407 g/mol. The highest BCUT2D eigenvalue weighted by Gasteiger charge is 2.07. The van der Waals surface area contributed by atoms with Crippen LogP contribution in [0.5, 0.6) is 0 Å². The van der Waals surface area contributed by atoms with E-state index in [1.54, 1.807) is 35.8 Å². The summed E-state index contributed by atoms with van der Waals surface area (Å²) in [6, 6.07) is 15.7. The SMILES string of the molecule is CCNC(=NCc1ccc(C(=O)N(C)C)cc1)NCCc1ccn(-c2ccc(F)cc2)n1. The molecule has 1 heterocycles. The van der Waals surface area contributed by atoms with E-state index in [1.165, 1.54) is 12.1 Å². The fraction of sp³-hybridized carbons (Fsp3) is 0.292. The summed E-state index contributed by atoms with van der Waals surface area (Å²) >= 11 is 0. The van der Waals surface area contributed by atoms with Crippen LogP contribution < -0.4 is 10.6 Å². The van der Waals surface area contributed by atoms with Crippen LogP contribution in [0.4, 0.5) is 4.39 Å². The fourth-order valence-corrected chi connectivity index (χ4v) is 3.06. The third-order valence-corrected chi connectivity index (χ3v) is 4.78. The first-order chi connectivity index (χ1) is 15.5. The number of nitrogens with zero attached hydrogens (tertiary/aromatic N) is 4. The largest absolute Gasteiger partial charge is 0.357 e. The summed E-state index contributed by atoms with van der Waals surface area (Å²) in [5.74, 6) is 0.439. The molecule has 2 aromatic carbocycles. The van der Waals surface area contributed by atoms with Crippen LogP contribution in [0.15, 0.2) is 65.8 Å². The highest BCUT2D eigenvalue weighted by Crippen LogP contribution is 2.09. The van der Waals surface area contributed by atoms with Gasteiger partial charge < -0.3 is 15.5 Å². The Morgan fingerprint density at radius 3 is 2.44 bits per heavy atom. The molecule has 0 fully saturated rings. The molecule has 2 N–H and O–H groups in total. The van der Waals surface area contributed by atoms with Crippen LogP contribution in [0.1, 0.15) is 28.5 Å². The lowest BCUT2D eigenvalue weighted by Crippen LogP contribution is -2.38. The number of benzene rings is 2. The maximum atomic E-state index is 13.1. The molecule has 0 aliphatic carbocycles. The van der Waals surface area contributed by atoms with Gasteiger partial charge in [-0.05, 0) is 55.0 Å². The molecule has 3 rings (SSSR count). The van der Waals surface area contributed by atoms with Crippen LogP contribution in [0.2, 0.25) is 0 Å². The van der Waals surface area contributed by atoms with Gasteiger partial charge >= 0.3 is 0 Å². The Morgan fingerprint density at radius 1 is 1.06 bits per heavy atom. The van der Waals surface area contributed by atoms with Crippen molar-refractivity contribution in [3.63, 3.8) is 0 Å². The van der Waals surface area contributed by atoms with Crippen molar-refractivity contribution >= 4 is 11.9 Å². The second-order valence-corrected chi connectivity index (χ2v) is 7.50. The Bertz CT molecular complexity index is 1040. The molecule has 0 saturated heterocycles. The number of carbonyl (C=O) groups excluding carboxylic acids is 1. The predicted molar refractivity (Wildman–Crippen MR) is 125 cm³/mol. The summed E-state index contributed by atoms with van der Waals surface area (Å²) in [6.07, 6.45) is 2.59. The van der Waals surface area contributed by atoms with E-state index in [-0.39, 0.29) is 11.7 Å². The lowest BCUT2D eigenvalue weighted by molar-refractivity contribution is 0.0827. The molecule has 8 heteroatoms. The minimum absolute atomic E-state index is 0.0167. The second-order valence-electron chi connectivity index (χ2n) is 7.50. The molecule has 0 aliphatic rings. The lowest BCUT2D eigenvalue weighted by atomic mass is 10.1. The molecular formula is C24H29FN6O. The van der Waals surface area contributed by atoms with Crippen molar-refractivity contribution in [2.24, 2.45) is 4.99 Å². The zero-order valence-corrected chi connectivity index (χ0v) is 18.7. The van der Waals surface area contributed by atoms with Crippen molar-refractivity contribution in [3.05, 3.63) is 83.4 Å². The van der Waals surface area contributed by atoms with Gasteiger partial charge in [-0.15, -0.1) is 0 Å². The van der Waals surface area contributed by atoms with Crippen LogP contribution >= 0.6 is 0 Å². The fourth-order valence-electron chi connectivity index (χ4n) is 3.06. The van der Waals surface area contributed by atoms with E-state index in [2.05, 4.69) is 20.7 Å². The molecule has 32 heavy (non-hydrogen) atoms. The van der Waals surface area contributed by atoms with Crippen molar-refractivity contribution in [1.82, 2.24) is 25.3 Å². The lowest BCUT2D eigenvalue weighted by Gasteiger charge is -2.12. The van der Waals surface area contributed by atoms with Gasteiger partial charge in [0.15, 0.2) is 5.96 Å². The molecule has 0 bridgehead atoms. The van der Waals surface area contributed by atoms with Gasteiger partial charge in [0.05, 0.1) is 17.9 Å². The average Bonchev–Trinajstić information content (AvgIpc) is 3.26. The normalized spacial score (nSPS) is 11.3. The molecule has 1 aromatic heterocycles. The molecule has 0 radical (unpaired) electrons. The van der Waals surface area contributed by atoms with Gasteiger partial charge in [0.25, 0.3) is 5.91 Å². The van der Waals surface area contributed by atoms with E-state index in [9.17, 15) is 9.18 Å². The van der Waals surface area contributed by atoms with E-state index < -0.39 is 0 Å². The quantitative estimate of drug-likeness (QED) is 0.421. The van der Waals surface area contributed by atoms with Gasteiger partial charge in [-0.2, -0.15) is 5.10 Å². The zero-order chi connectivity index (χ0) is 22.9. The number of carbonyl (C=O) groups is 1. The first-order valence-electron chi connectivity index (χ1n) is 10.6. The molecule has 7 nitrogen and oxygen atoms in total. The molecule has 0 saturated carbocycles. The number of hydrogen-bond acceptors (Lipinski definition) is 3. The maximum Gasteiger partial charge on any atom is 0.253 e. The van der Waals surface area contributed by atoms with Crippen LogP contribution in [0, 0.1) is 5.82 Å². The summed E-state index contributed by atoms with van der Waals surface area (Å²) in [6.45, 7) is 3.94. The van der Waals surface area contributed by atoms with Crippen molar-refractivity contribution in [2.45, 2.75) is 19.9 Å². The van der Waals surface area contributed by atoms with E-state index in [4.69, 9.17) is 0 Å². The second kappa shape index (κ2) is 11.1. The average molecular weight is 437 g/mol. The highest BCUT2D eigenvalue weighted by molar-refractivity contribution is 5.93. The standard InChI is InChI=1S/C24H29FN6O/c1-4-26-24(28-17-18-5-7-19(8-6-18)23(32)30(2)3)27-15-13-21-14-16-31(29-21)22-11-9-20(25)10-12-22/h5-12,14,16H,4,13,15,17H2,1-3H3,(H2,26,27,28). The number of rotatable bonds is 8. The zero-order valence-electron chi connectivity index (χ0n) is 18.7. The first kappa shape index (κ1) is 23.0. The molecule has 0 atom stereocenters. The van der Waals surface area contributed by atoms with Gasteiger partial charge in [-0.25, -0.2) is 14.1 Å². The third kappa shape index (κ3) is 6.41. The summed E-state index contributed by atoms with van der Waals surface area (Å²) in [7, 11) is 3.48. The monoisotopic (exact) mass is 436 g/mol. The van der Waals surface area contributed by atoms with Crippen LogP contribution in [-0.2, 0) is 13.0 Å². The minimum Gasteiger partial charge on any atom is -0.357 e. The number of hydrogen-bond donors (Lipinski definition) is 2. The Hall–Kier alpha value is -3.68. The Morgan fingerprint density at radius 2 is 1.78 bits per heavy atom. The summed E-state index contributed by atoms with van der Waals surface area (Å²) in [5.41, 5.74) is 3.43. The molecule has 0 unspecified atom stereocenters. The molecule has 1 amide bonds. The molecule has 0 aliphatic heterocycles. The van der Waals surface area contributed by atoms with Crippen LogP contribution in [0.25, 0.3) is 5.69 Å². The summed E-state index contributed by atoms with van der Waals surface area (Å²) in [5, 5.41) is 11.1. The van der Waals surface area contributed by atoms with Crippen molar-refractivity contribution in [2.75, 3.05) is 27.2 Å². The van der Waals surface area contributed by atoms with E-state index in [0.29, 0.717) is 18.7 Å². The summed E-state index contributed by atoms with van der Waals surface area (Å²) in [4.78, 5) is 18.2. The van der Waals surface area contributed by atoms with E-state index in [0.717, 1.165) is 35.9 Å². The predicted octanol–water partition coefficient (Wildman–Crippen LogP) is 3.01.